The third-order valence-electron chi connectivity index (χ3n) is 4.19. The molecule has 0 amide bonds. The molecule has 0 unspecified atom stereocenters. The molecule has 0 saturated heterocycles. The largest absolute Gasteiger partial charge is 0.507 e. The average Bonchev–Trinajstić information content (AvgIpc) is 2.50. The third-order valence-corrected chi connectivity index (χ3v) is 4.19. The van der Waals surface area contributed by atoms with Crippen LogP contribution in [0.25, 0.3) is 0 Å². The van der Waals surface area contributed by atoms with Crippen molar-refractivity contribution in [2.24, 2.45) is 5.92 Å². The Morgan fingerprint density at radius 3 is 2.48 bits per heavy atom. The summed E-state index contributed by atoms with van der Waals surface area (Å²) in [6.07, 6.45) is 1.38. The van der Waals surface area contributed by atoms with Crippen molar-refractivity contribution in [3.8, 4) is 5.75 Å². The topological polar surface area (TPSA) is 111 Å². The van der Waals surface area contributed by atoms with Gasteiger partial charge in [-0.15, -0.1) is 0 Å². The van der Waals surface area contributed by atoms with Crippen molar-refractivity contribution in [3.05, 3.63) is 39.0 Å². The van der Waals surface area contributed by atoms with Gasteiger partial charge >= 0.3 is 5.63 Å². The first-order valence-corrected chi connectivity index (χ1v) is 7.63. The maximum atomic E-state index is 11.8. The smallest absolute Gasteiger partial charge is 0.342 e. The molecule has 0 aliphatic carbocycles. The second kappa shape index (κ2) is 7.29. The highest BCUT2D eigenvalue weighted by Crippen LogP contribution is 2.33. The van der Waals surface area contributed by atoms with Crippen LogP contribution in [0.5, 0.6) is 5.75 Å². The van der Waals surface area contributed by atoms with Crippen molar-refractivity contribution < 1.29 is 24.8 Å². The molecule has 0 bridgehead atoms. The average molecular weight is 331 g/mol. The summed E-state index contributed by atoms with van der Waals surface area (Å²) in [5, 5.41) is 40.3. The molecule has 1 aromatic heterocycles. The monoisotopic (exact) mass is 331 g/mol. The lowest BCUT2D eigenvalue weighted by Crippen LogP contribution is -2.27. The Hall–Kier alpha value is -1.63. The molecule has 0 aromatic carbocycles. The van der Waals surface area contributed by atoms with Crippen LogP contribution in [0.2, 0.25) is 0 Å². The Morgan fingerprint density at radius 2 is 2.00 bits per heavy atom. The van der Waals surface area contributed by atoms with Gasteiger partial charge in [0.05, 0.1) is 23.8 Å². The van der Waals surface area contributed by atoms with Crippen LogP contribution in [0.15, 0.2) is 20.9 Å². The number of aliphatic hydroxyl groups is 3. The standard InChI is InChI=1S/C17H26O6/c1-6-9(2)13(19)10(3)7-17(5,22)15-12(8-18)14(20)11(4)16(21)23-15/h7,9,13,18-20,22H,6,8H2,1-5H3/b10-7+/t9-,13-,17-/m0/s1/i2+1,3+1,4+1,5+1,8+1. The van der Waals surface area contributed by atoms with Crippen molar-refractivity contribution in [3.63, 3.8) is 0 Å². The van der Waals surface area contributed by atoms with E-state index in [9.17, 15) is 25.2 Å². The lowest BCUT2D eigenvalue weighted by Gasteiger charge is -2.25. The Bertz CT molecular complexity index is 641. The minimum Gasteiger partial charge on any atom is -0.507 e. The second-order valence-corrected chi connectivity index (χ2v) is 6.20. The van der Waals surface area contributed by atoms with Crippen molar-refractivity contribution in [2.45, 2.75) is 59.4 Å². The van der Waals surface area contributed by atoms with Crippen LogP contribution in [-0.2, 0) is 12.2 Å². The lowest BCUT2D eigenvalue weighted by molar-refractivity contribution is 0.0709. The normalized spacial score (nSPS) is 17.7. The van der Waals surface area contributed by atoms with E-state index in [0.29, 0.717) is 5.57 Å². The van der Waals surface area contributed by atoms with E-state index in [-0.39, 0.29) is 22.8 Å². The molecule has 1 aromatic rings. The third kappa shape index (κ3) is 4.02. The quantitative estimate of drug-likeness (QED) is 0.466. The van der Waals surface area contributed by atoms with Crippen LogP contribution in [0.1, 0.15) is 51.0 Å². The molecule has 0 spiro atoms. The number of rotatable bonds is 6. The van der Waals surface area contributed by atoms with Crippen LogP contribution in [-0.4, -0.2) is 26.5 Å². The van der Waals surface area contributed by atoms with Gasteiger partial charge in [0.15, 0.2) is 5.76 Å². The van der Waals surface area contributed by atoms with E-state index in [0.717, 1.165) is 6.42 Å². The van der Waals surface area contributed by atoms with Gasteiger partial charge in [-0.2, -0.15) is 0 Å². The molecule has 130 valence electrons. The molecule has 1 rings (SSSR count). The molecule has 23 heavy (non-hydrogen) atoms. The first-order valence-electron chi connectivity index (χ1n) is 7.63. The van der Waals surface area contributed by atoms with Gasteiger partial charge in [0.1, 0.15) is 11.4 Å². The number of hydrogen-bond donors (Lipinski definition) is 4. The SMILES string of the molecule is CC[C@H]([13CH3])[C@H](O)/C([13CH3])=C/[C@]([13CH3])(O)c1oc(=O)c([13CH3])c(O)c1[13CH2]O. The van der Waals surface area contributed by atoms with Crippen molar-refractivity contribution >= 4 is 0 Å². The molecule has 0 fully saturated rings. The Balaban J connectivity index is 3.42. The van der Waals surface area contributed by atoms with E-state index in [1.807, 2.05) is 13.8 Å². The summed E-state index contributed by atoms with van der Waals surface area (Å²) in [4.78, 5) is 11.8. The van der Waals surface area contributed by atoms with E-state index in [2.05, 4.69) is 0 Å². The van der Waals surface area contributed by atoms with Crippen LogP contribution in [0, 0.1) is 12.8 Å². The molecule has 6 nitrogen and oxygen atoms in total. The Labute approximate surface area is 135 Å². The van der Waals surface area contributed by atoms with Gasteiger partial charge in [0, 0.05) is 0 Å². The summed E-state index contributed by atoms with van der Waals surface area (Å²) in [7, 11) is 0. The van der Waals surface area contributed by atoms with Gasteiger partial charge in [0.25, 0.3) is 0 Å². The summed E-state index contributed by atoms with van der Waals surface area (Å²) in [6.45, 7) is 7.63. The van der Waals surface area contributed by atoms with E-state index in [4.69, 9.17) is 4.42 Å². The van der Waals surface area contributed by atoms with E-state index < -0.39 is 29.7 Å². The van der Waals surface area contributed by atoms with Crippen LogP contribution in [0.3, 0.4) is 0 Å². The van der Waals surface area contributed by atoms with Gasteiger partial charge < -0.3 is 24.8 Å². The van der Waals surface area contributed by atoms with Gasteiger partial charge in [-0.25, -0.2) is 4.79 Å². The van der Waals surface area contributed by atoms with E-state index in [1.165, 1.54) is 19.9 Å². The van der Waals surface area contributed by atoms with Crippen LogP contribution >= 0.6 is 0 Å². The summed E-state index contributed by atoms with van der Waals surface area (Å²) in [5.41, 5.74) is -2.12. The fraction of sp³-hybridized carbons (Fsp3) is 0.588. The molecule has 0 saturated carbocycles. The van der Waals surface area contributed by atoms with Crippen molar-refractivity contribution in [1.82, 2.24) is 0 Å². The molecule has 0 aliphatic heterocycles. The molecule has 6 heteroatoms. The zero-order chi connectivity index (χ0) is 17.9. The van der Waals surface area contributed by atoms with E-state index >= 15 is 0 Å². The zero-order valence-electron chi connectivity index (χ0n) is 14.3. The Morgan fingerprint density at radius 1 is 1.43 bits per heavy atom. The molecule has 4 N–H and O–H groups in total. The first kappa shape index (κ1) is 19.4. The van der Waals surface area contributed by atoms with Crippen LogP contribution < -0.4 is 5.63 Å². The van der Waals surface area contributed by atoms with E-state index in [1.54, 1.807) is 6.92 Å². The highest BCUT2D eigenvalue weighted by molar-refractivity contribution is 5.42. The van der Waals surface area contributed by atoms with Gasteiger partial charge in [-0.1, -0.05) is 20.3 Å². The maximum Gasteiger partial charge on any atom is 0.342 e. The summed E-state index contributed by atoms with van der Waals surface area (Å²) in [5.74, 6) is -0.630. The highest BCUT2D eigenvalue weighted by atomic mass is 16.4. The first-order chi connectivity index (χ1) is 10.6. The van der Waals surface area contributed by atoms with Gasteiger partial charge in [0.2, 0.25) is 0 Å². The number of aliphatic hydroxyl groups excluding tert-OH is 2. The Kier molecular flexibility index (Phi) is 6.16. The molecule has 0 radical (unpaired) electrons. The lowest BCUT2D eigenvalue weighted by atomic mass is 9.97. The van der Waals surface area contributed by atoms with Crippen LogP contribution in [0.4, 0.5) is 0 Å². The molecule has 0 aliphatic rings. The molecule has 3 atom stereocenters. The summed E-state index contributed by atoms with van der Waals surface area (Å²) in [6, 6.07) is 0. The fourth-order valence-electron chi connectivity index (χ4n) is 2.48. The minimum atomic E-state index is -1.76. The van der Waals surface area contributed by atoms with Crippen molar-refractivity contribution in [1.29, 1.82) is 0 Å². The predicted molar refractivity (Wildman–Crippen MR) is 86.1 cm³/mol. The highest BCUT2D eigenvalue weighted by Gasteiger charge is 2.31. The van der Waals surface area contributed by atoms with Crippen molar-refractivity contribution in [2.75, 3.05) is 0 Å². The minimum absolute atomic E-state index is 0.00205. The summed E-state index contributed by atoms with van der Waals surface area (Å²) < 4.78 is 5.09. The van der Waals surface area contributed by atoms with Gasteiger partial charge in [-0.3, -0.25) is 0 Å². The number of aromatic hydroxyl groups is 1. The fourth-order valence-corrected chi connectivity index (χ4v) is 2.48. The molecular formula is C17H26O6. The zero-order valence-corrected chi connectivity index (χ0v) is 14.3. The number of hydrogen-bond acceptors (Lipinski definition) is 6. The maximum absolute atomic E-state index is 11.8. The molecule has 1 heterocycles. The molecular weight excluding hydrogens is 305 g/mol. The second-order valence-electron chi connectivity index (χ2n) is 6.20. The summed E-state index contributed by atoms with van der Waals surface area (Å²) >= 11 is 0. The van der Waals surface area contributed by atoms with Gasteiger partial charge in [-0.05, 0) is 38.3 Å². The predicted octanol–water partition coefficient (Wildman–Crippen LogP) is 1.71.